The number of benzene rings is 1. The van der Waals surface area contributed by atoms with Crippen molar-refractivity contribution in [2.24, 2.45) is 11.7 Å². The SMILES string of the molecule is NCc1ccc(N2CCCC(CCO)C2)cc1C(F)(F)F. The number of alkyl halides is 3. The zero-order valence-electron chi connectivity index (χ0n) is 11.9. The molecule has 0 aliphatic carbocycles. The first-order chi connectivity index (χ1) is 9.95. The molecule has 1 aliphatic heterocycles. The molecular weight excluding hydrogens is 281 g/mol. The highest BCUT2D eigenvalue weighted by molar-refractivity contribution is 5.52. The van der Waals surface area contributed by atoms with Crippen LogP contribution < -0.4 is 10.6 Å². The zero-order chi connectivity index (χ0) is 15.5. The topological polar surface area (TPSA) is 49.5 Å². The first-order valence-electron chi connectivity index (χ1n) is 7.21. The molecule has 1 saturated heterocycles. The summed E-state index contributed by atoms with van der Waals surface area (Å²) >= 11 is 0. The van der Waals surface area contributed by atoms with Gasteiger partial charge in [-0.1, -0.05) is 6.07 Å². The van der Waals surface area contributed by atoms with Gasteiger partial charge in [0.2, 0.25) is 0 Å². The second-order valence-corrected chi connectivity index (χ2v) is 5.51. The Morgan fingerprint density at radius 2 is 2.10 bits per heavy atom. The van der Waals surface area contributed by atoms with Crippen molar-refractivity contribution >= 4 is 5.69 Å². The van der Waals surface area contributed by atoms with Crippen LogP contribution in [0.25, 0.3) is 0 Å². The number of hydrogen-bond donors (Lipinski definition) is 2. The summed E-state index contributed by atoms with van der Waals surface area (Å²) < 4.78 is 39.2. The molecule has 0 aromatic heterocycles. The van der Waals surface area contributed by atoms with Crippen LogP contribution in [-0.2, 0) is 12.7 Å². The average molecular weight is 302 g/mol. The van der Waals surface area contributed by atoms with Crippen LogP contribution in [0.3, 0.4) is 0 Å². The van der Waals surface area contributed by atoms with Crippen LogP contribution in [0.2, 0.25) is 0 Å². The van der Waals surface area contributed by atoms with Gasteiger partial charge in [0.05, 0.1) is 5.56 Å². The summed E-state index contributed by atoms with van der Waals surface area (Å²) in [7, 11) is 0. The fourth-order valence-electron chi connectivity index (χ4n) is 2.92. The molecule has 6 heteroatoms. The van der Waals surface area contributed by atoms with Crippen molar-refractivity contribution in [1.29, 1.82) is 0 Å². The lowest BCUT2D eigenvalue weighted by Crippen LogP contribution is -2.36. The van der Waals surface area contributed by atoms with E-state index in [1.807, 2.05) is 4.90 Å². The lowest BCUT2D eigenvalue weighted by Gasteiger charge is -2.34. The van der Waals surface area contributed by atoms with Gasteiger partial charge in [-0.15, -0.1) is 0 Å². The minimum atomic E-state index is -4.38. The standard InChI is InChI=1S/C15H21F3N2O/c16-15(17,18)14-8-13(4-3-12(14)9-19)20-6-1-2-11(10-20)5-7-21/h3-4,8,11,21H,1-2,5-7,9-10,19H2. The van der Waals surface area contributed by atoms with Crippen LogP contribution in [0.15, 0.2) is 18.2 Å². The molecule has 2 rings (SSSR count). The lowest BCUT2D eigenvalue weighted by atomic mass is 9.94. The molecule has 1 unspecified atom stereocenters. The Balaban J connectivity index is 2.24. The molecule has 1 fully saturated rings. The van der Waals surface area contributed by atoms with Crippen molar-refractivity contribution < 1.29 is 18.3 Å². The smallest absolute Gasteiger partial charge is 0.396 e. The second-order valence-electron chi connectivity index (χ2n) is 5.51. The Hall–Kier alpha value is -1.27. The van der Waals surface area contributed by atoms with Crippen LogP contribution in [-0.4, -0.2) is 24.8 Å². The third-order valence-corrected chi connectivity index (χ3v) is 4.04. The number of hydrogen-bond acceptors (Lipinski definition) is 3. The first-order valence-corrected chi connectivity index (χ1v) is 7.21. The quantitative estimate of drug-likeness (QED) is 0.899. The number of aliphatic hydroxyl groups excluding tert-OH is 1. The number of anilines is 1. The van der Waals surface area contributed by atoms with Crippen molar-refractivity contribution in [3.63, 3.8) is 0 Å². The Kier molecular flexibility index (Phi) is 5.11. The van der Waals surface area contributed by atoms with Crippen molar-refractivity contribution in [3.05, 3.63) is 29.3 Å². The molecule has 1 aliphatic rings. The number of aliphatic hydroxyl groups is 1. The van der Waals surface area contributed by atoms with E-state index in [1.165, 1.54) is 12.1 Å². The van der Waals surface area contributed by atoms with E-state index in [0.717, 1.165) is 19.4 Å². The molecule has 0 saturated carbocycles. The minimum absolute atomic E-state index is 0.121. The van der Waals surface area contributed by atoms with Gasteiger partial charge in [0.25, 0.3) is 0 Å². The minimum Gasteiger partial charge on any atom is -0.396 e. The highest BCUT2D eigenvalue weighted by Crippen LogP contribution is 2.35. The summed E-state index contributed by atoms with van der Waals surface area (Å²) in [6.07, 6.45) is -1.73. The monoisotopic (exact) mass is 302 g/mol. The second kappa shape index (κ2) is 6.66. The van der Waals surface area contributed by atoms with Crippen molar-refractivity contribution in [3.8, 4) is 0 Å². The number of piperidine rings is 1. The summed E-state index contributed by atoms with van der Waals surface area (Å²) in [6.45, 7) is 1.45. The molecule has 3 nitrogen and oxygen atoms in total. The lowest BCUT2D eigenvalue weighted by molar-refractivity contribution is -0.138. The molecule has 3 N–H and O–H groups in total. The molecular formula is C15H21F3N2O. The average Bonchev–Trinajstić information content (AvgIpc) is 2.46. The van der Waals surface area contributed by atoms with Crippen molar-refractivity contribution in [1.82, 2.24) is 0 Å². The number of nitrogens with zero attached hydrogens (tertiary/aromatic N) is 1. The largest absolute Gasteiger partial charge is 0.416 e. The van der Waals surface area contributed by atoms with E-state index in [4.69, 9.17) is 10.8 Å². The van der Waals surface area contributed by atoms with E-state index < -0.39 is 11.7 Å². The summed E-state index contributed by atoms with van der Waals surface area (Å²) in [5, 5.41) is 9.01. The highest BCUT2D eigenvalue weighted by Gasteiger charge is 2.34. The maximum absolute atomic E-state index is 13.1. The van der Waals surface area contributed by atoms with Gasteiger partial charge < -0.3 is 15.7 Å². The van der Waals surface area contributed by atoms with Crippen LogP contribution in [0, 0.1) is 5.92 Å². The molecule has 1 heterocycles. The maximum atomic E-state index is 13.1. The van der Waals surface area contributed by atoms with Gasteiger partial charge in [0.1, 0.15) is 0 Å². The van der Waals surface area contributed by atoms with E-state index in [-0.39, 0.29) is 18.7 Å². The van der Waals surface area contributed by atoms with Gasteiger partial charge in [-0.05, 0) is 42.9 Å². The molecule has 21 heavy (non-hydrogen) atoms. The highest BCUT2D eigenvalue weighted by atomic mass is 19.4. The molecule has 1 atom stereocenters. The molecule has 0 radical (unpaired) electrons. The third-order valence-electron chi connectivity index (χ3n) is 4.04. The molecule has 0 amide bonds. The van der Waals surface area contributed by atoms with Crippen molar-refractivity contribution in [2.45, 2.75) is 32.0 Å². The van der Waals surface area contributed by atoms with E-state index in [0.29, 0.717) is 24.6 Å². The van der Waals surface area contributed by atoms with Gasteiger partial charge >= 0.3 is 6.18 Å². The zero-order valence-corrected chi connectivity index (χ0v) is 11.9. The van der Waals surface area contributed by atoms with Gasteiger partial charge in [-0.2, -0.15) is 13.2 Å². The van der Waals surface area contributed by atoms with E-state index in [9.17, 15) is 13.2 Å². The Bertz CT molecular complexity index is 474. The summed E-state index contributed by atoms with van der Waals surface area (Å²) in [4.78, 5) is 1.97. The number of rotatable bonds is 4. The van der Waals surface area contributed by atoms with Crippen molar-refractivity contribution in [2.75, 3.05) is 24.6 Å². The predicted octanol–water partition coefficient (Wildman–Crippen LogP) is 2.76. The first kappa shape index (κ1) is 16.1. The normalized spacial score (nSPS) is 19.9. The van der Waals surface area contributed by atoms with Gasteiger partial charge in [0, 0.05) is 31.9 Å². The number of halogens is 3. The molecule has 118 valence electrons. The Morgan fingerprint density at radius 1 is 1.33 bits per heavy atom. The molecule has 0 bridgehead atoms. The van der Waals surface area contributed by atoms with Gasteiger partial charge in [-0.25, -0.2) is 0 Å². The van der Waals surface area contributed by atoms with Crippen LogP contribution in [0.1, 0.15) is 30.4 Å². The summed E-state index contributed by atoms with van der Waals surface area (Å²) in [6, 6.07) is 4.37. The third kappa shape index (κ3) is 3.89. The Morgan fingerprint density at radius 3 is 2.71 bits per heavy atom. The van der Waals surface area contributed by atoms with Gasteiger partial charge in [-0.3, -0.25) is 0 Å². The fourth-order valence-corrected chi connectivity index (χ4v) is 2.92. The summed E-state index contributed by atoms with van der Waals surface area (Å²) in [5.41, 5.74) is 5.46. The summed E-state index contributed by atoms with van der Waals surface area (Å²) in [5.74, 6) is 0.340. The molecule has 1 aromatic rings. The van der Waals surface area contributed by atoms with E-state index in [2.05, 4.69) is 0 Å². The predicted molar refractivity (Wildman–Crippen MR) is 76.0 cm³/mol. The number of nitrogens with two attached hydrogens (primary N) is 1. The van der Waals surface area contributed by atoms with Crippen LogP contribution in [0.5, 0.6) is 0 Å². The Labute approximate surface area is 122 Å². The van der Waals surface area contributed by atoms with E-state index >= 15 is 0 Å². The molecule has 1 aromatic carbocycles. The van der Waals surface area contributed by atoms with E-state index in [1.54, 1.807) is 6.07 Å². The van der Waals surface area contributed by atoms with Gasteiger partial charge in [0.15, 0.2) is 0 Å². The van der Waals surface area contributed by atoms with Crippen LogP contribution in [0.4, 0.5) is 18.9 Å². The maximum Gasteiger partial charge on any atom is 0.416 e. The van der Waals surface area contributed by atoms with Crippen LogP contribution >= 0.6 is 0 Å². The fraction of sp³-hybridized carbons (Fsp3) is 0.600. The molecule has 0 spiro atoms.